The van der Waals surface area contributed by atoms with E-state index in [1.54, 1.807) is 30.3 Å². The van der Waals surface area contributed by atoms with Gasteiger partial charge in [-0.25, -0.2) is 12.4 Å². The minimum atomic E-state index is -4.20. The summed E-state index contributed by atoms with van der Waals surface area (Å²) in [7, 11) is -4.20. The highest BCUT2D eigenvalue weighted by Crippen LogP contribution is 2.33. The van der Waals surface area contributed by atoms with E-state index in [4.69, 9.17) is 0 Å². The van der Waals surface area contributed by atoms with Crippen molar-refractivity contribution in [3.63, 3.8) is 0 Å². The zero-order valence-electron chi connectivity index (χ0n) is 14.4. The van der Waals surface area contributed by atoms with Gasteiger partial charge in [0.05, 0.1) is 16.6 Å². The maximum atomic E-state index is 13.4. The molecule has 0 fully saturated rings. The van der Waals surface area contributed by atoms with Gasteiger partial charge in [-0.3, -0.25) is 9.78 Å². The van der Waals surface area contributed by atoms with Crippen molar-refractivity contribution < 1.29 is 18.6 Å². The van der Waals surface area contributed by atoms with Gasteiger partial charge in [0.15, 0.2) is 5.43 Å². The van der Waals surface area contributed by atoms with Crippen LogP contribution in [-0.2, 0) is 10.0 Å². The van der Waals surface area contributed by atoms with E-state index in [1.165, 1.54) is 24.5 Å². The standard InChI is InChI=1S/C20H14N2O5S/c23-14-9-17-20(18(24)10-14)19(25)11-16(13-5-2-1-3-6-13)22(17)28(26,27)15-7-4-8-21-12-15/h1-12,23-24H. The molecule has 0 bridgehead atoms. The minimum absolute atomic E-state index is 0.0973. The van der Waals surface area contributed by atoms with Crippen molar-refractivity contribution in [2.45, 2.75) is 4.90 Å². The molecular formula is C20H14N2O5S. The summed E-state index contributed by atoms with van der Waals surface area (Å²) in [6, 6.07) is 14.7. The summed E-state index contributed by atoms with van der Waals surface area (Å²) >= 11 is 0. The molecule has 4 aromatic rings. The Morgan fingerprint density at radius 3 is 2.36 bits per heavy atom. The Morgan fingerprint density at radius 1 is 0.929 bits per heavy atom. The van der Waals surface area contributed by atoms with Crippen LogP contribution >= 0.6 is 0 Å². The summed E-state index contributed by atoms with van der Waals surface area (Å²) in [6.07, 6.45) is 2.63. The molecule has 2 heterocycles. The number of phenolic OH excluding ortho intramolecular Hbond substituents is 2. The van der Waals surface area contributed by atoms with Gasteiger partial charge in [0.1, 0.15) is 16.4 Å². The van der Waals surface area contributed by atoms with E-state index in [2.05, 4.69) is 4.98 Å². The van der Waals surface area contributed by atoms with Crippen LogP contribution in [0.5, 0.6) is 11.5 Å². The first-order valence-corrected chi connectivity index (χ1v) is 9.66. The van der Waals surface area contributed by atoms with E-state index >= 15 is 0 Å². The van der Waals surface area contributed by atoms with Crippen LogP contribution in [0.25, 0.3) is 22.2 Å². The number of phenols is 2. The van der Waals surface area contributed by atoms with Crippen LogP contribution in [0.3, 0.4) is 0 Å². The molecule has 0 spiro atoms. The molecule has 0 aliphatic rings. The van der Waals surface area contributed by atoms with E-state index in [0.717, 1.165) is 22.2 Å². The Morgan fingerprint density at radius 2 is 1.68 bits per heavy atom. The fraction of sp³-hybridized carbons (Fsp3) is 0. The van der Waals surface area contributed by atoms with Crippen molar-refractivity contribution >= 4 is 20.9 Å². The summed E-state index contributed by atoms with van der Waals surface area (Å²) in [6.45, 7) is 0. The van der Waals surface area contributed by atoms with Gasteiger partial charge < -0.3 is 10.2 Å². The lowest BCUT2D eigenvalue weighted by atomic mass is 10.1. The number of hydrogen-bond donors (Lipinski definition) is 2. The molecule has 0 saturated carbocycles. The first-order valence-electron chi connectivity index (χ1n) is 8.22. The third-order valence-corrected chi connectivity index (χ3v) is 5.99. The summed E-state index contributed by atoms with van der Waals surface area (Å²) in [5.74, 6) is -0.875. The first kappa shape index (κ1) is 17.7. The van der Waals surface area contributed by atoms with Gasteiger partial charge >= 0.3 is 0 Å². The molecule has 0 unspecified atom stereocenters. The number of benzene rings is 2. The number of aromatic nitrogens is 2. The van der Waals surface area contributed by atoms with Crippen LogP contribution in [0, 0.1) is 0 Å². The molecule has 0 amide bonds. The maximum absolute atomic E-state index is 13.4. The van der Waals surface area contributed by atoms with E-state index in [-0.39, 0.29) is 27.2 Å². The van der Waals surface area contributed by atoms with Crippen molar-refractivity contribution in [1.82, 2.24) is 8.96 Å². The Labute approximate surface area is 159 Å². The number of pyridine rings is 2. The smallest absolute Gasteiger partial charge is 0.270 e. The van der Waals surface area contributed by atoms with Crippen LogP contribution in [0.2, 0.25) is 0 Å². The molecule has 28 heavy (non-hydrogen) atoms. The molecule has 7 nitrogen and oxygen atoms in total. The second-order valence-corrected chi connectivity index (χ2v) is 7.86. The van der Waals surface area contributed by atoms with Crippen LogP contribution in [0.1, 0.15) is 0 Å². The topological polar surface area (TPSA) is 109 Å². The molecule has 0 radical (unpaired) electrons. The fourth-order valence-corrected chi connectivity index (χ4v) is 4.54. The van der Waals surface area contributed by atoms with Crippen LogP contribution in [0.4, 0.5) is 0 Å². The van der Waals surface area contributed by atoms with E-state index < -0.39 is 21.2 Å². The first-order chi connectivity index (χ1) is 13.4. The zero-order chi connectivity index (χ0) is 19.9. The quantitative estimate of drug-likeness (QED) is 0.553. The molecular weight excluding hydrogens is 380 g/mol. The average Bonchev–Trinajstić information content (AvgIpc) is 2.68. The molecule has 2 aromatic heterocycles. The Balaban J connectivity index is 2.22. The van der Waals surface area contributed by atoms with Crippen LogP contribution in [-0.4, -0.2) is 27.6 Å². The third-order valence-electron chi connectivity index (χ3n) is 4.28. The number of fused-ring (bicyclic) bond motifs is 1. The van der Waals surface area contributed by atoms with Crippen LogP contribution in [0.15, 0.2) is 82.7 Å². The lowest BCUT2D eigenvalue weighted by Gasteiger charge is -2.18. The summed E-state index contributed by atoms with van der Waals surface area (Å²) in [5.41, 5.74) is -0.111. The molecule has 0 aliphatic carbocycles. The third kappa shape index (κ3) is 2.80. The Bertz CT molecular complexity index is 1350. The largest absolute Gasteiger partial charge is 0.508 e. The molecule has 140 valence electrons. The molecule has 0 atom stereocenters. The number of nitrogens with zero attached hydrogens (tertiary/aromatic N) is 2. The van der Waals surface area contributed by atoms with Gasteiger partial charge in [0, 0.05) is 30.6 Å². The van der Waals surface area contributed by atoms with Crippen molar-refractivity contribution in [2.24, 2.45) is 0 Å². The predicted molar refractivity (Wildman–Crippen MR) is 104 cm³/mol. The maximum Gasteiger partial charge on any atom is 0.270 e. The van der Waals surface area contributed by atoms with Crippen LogP contribution < -0.4 is 5.43 Å². The molecule has 2 aromatic carbocycles. The monoisotopic (exact) mass is 394 g/mol. The van der Waals surface area contributed by atoms with E-state index in [1.807, 2.05) is 0 Å². The predicted octanol–water partition coefficient (Wildman–Crippen LogP) is 2.71. The van der Waals surface area contributed by atoms with Gasteiger partial charge in [0.25, 0.3) is 10.0 Å². The summed E-state index contributed by atoms with van der Waals surface area (Å²) in [5, 5.41) is 19.9. The molecule has 4 rings (SSSR count). The van der Waals surface area contributed by atoms with E-state index in [9.17, 15) is 23.4 Å². The normalized spacial score (nSPS) is 11.6. The fourth-order valence-electron chi connectivity index (χ4n) is 3.07. The van der Waals surface area contributed by atoms with Crippen molar-refractivity contribution in [3.8, 4) is 22.8 Å². The van der Waals surface area contributed by atoms with Gasteiger partial charge in [-0.05, 0) is 17.7 Å². The lowest BCUT2D eigenvalue weighted by Crippen LogP contribution is -2.20. The van der Waals surface area contributed by atoms with Gasteiger partial charge in [-0.1, -0.05) is 30.3 Å². The van der Waals surface area contributed by atoms with Gasteiger partial charge in [0.2, 0.25) is 0 Å². The second-order valence-electron chi connectivity index (χ2n) is 6.08. The van der Waals surface area contributed by atoms with Gasteiger partial charge in [-0.15, -0.1) is 0 Å². The summed E-state index contributed by atoms with van der Waals surface area (Å²) in [4.78, 5) is 16.4. The second kappa shape index (κ2) is 6.50. The average molecular weight is 394 g/mol. The number of rotatable bonds is 3. The molecule has 0 saturated heterocycles. The van der Waals surface area contributed by atoms with Gasteiger partial charge in [-0.2, -0.15) is 0 Å². The lowest BCUT2D eigenvalue weighted by molar-refractivity contribution is 0.454. The zero-order valence-corrected chi connectivity index (χ0v) is 15.2. The highest BCUT2D eigenvalue weighted by molar-refractivity contribution is 7.90. The molecule has 2 N–H and O–H groups in total. The Kier molecular flexibility index (Phi) is 4.12. The molecule has 0 aliphatic heterocycles. The highest BCUT2D eigenvalue weighted by atomic mass is 32.2. The molecule has 8 heteroatoms. The van der Waals surface area contributed by atoms with Crippen molar-refractivity contribution in [2.75, 3.05) is 0 Å². The van der Waals surface area contributed by atoms with E-state index in [0.29, 0.717) is 5.56 Å². The highest BCUT2D eigenvalue weighted by Gasteiger charge is 2.25. The number of hydrogen-bond acceptors (Lipinski definition) is 6. The van der Waals surface area contributed by atoms with Crippen molar-refractivity contribution in [3.05, 3.63) is 83.3 Å². The Hall–Kier alpha value is -3.65. The SMILES string of the molecule is O=c1cc(-c2ccccc2)n(S(=O)(=O)c2cccnc2)c2cc(O)cc(O)c12. The minimum Gasteiger partial charge on any atom is -0.508 e. The number of aromatic hydroxyl groups is 2. The van der Waals surface area contributed by atoms with Crippen molar-refractivity contribution in [1.29, 1.82) is 0 Å². The summed E-state index contributed by atoms with van der Waals surface area (Å²) < 4.78 is 27.8.